The fourth-order valence-electron chi connectivity index (χ4n) is 1.82. The van der Waals surface area contributed by atoms with Crippen LogP contribution in [-0.4, -0.2) is 9.78 Å². The summed E-state index contributed by atoms with van der Waals surface area (Å²) in [5.74, 6) is 0.549. The maximum absolute atomic E-state index is 11.8. The van der Waals surface area contributed by atoms with Gasteiger partial charge in [-0.1, -0.05) is 17.7 Å². The number of nitrogens with one attached hydrogen (secondary N) is 1. The van der Waals surface area contributed by atoms with Crippen LogP contribution in [0.3, 0.4) is 0 Å². The second-order valence-corrected chi connectivity index (χ2v) is 4.58. The SMILES string of the molecule is O=c1cc(C2CC2)[nH]n1-c1cccc(Cl)c1. The zero-order chi connectivity index (χ0) is 11.1. The molecule has 82 valence electrons. The fraction of sp³-hybridized carbons (Fsp3) is 0.250. The summed E-state index contributed by atoms with van der Waals surface area (Å²) in [6.45, 7) is 0. The molecule has 1 aliphatic carbocycles. The zero-order valence-electron chi connectivity index (χ0n) is 8.61. The van der Waals surface area contributed by atoms with E-state index in [9.17, 15) is 4.79 Å². The lowest BCUT2D eigenvalue weighted by Crippen LogP contribution is -2.13. The van der Waals surface area contributed by atoms with Gasteiger partial charge in [-0.15, -0.1) is 0 Å². The number of aromatic amines is 1. The molecule has 0 amide bonds. The monoisotopic (exact) mass is 234 g/mol. The average molecular weight is 235 g/mol. The van der Waals surface area contributed by atoms with Gasteiger partial charge in [0.15, 0.2) is 0 Å². The minimum Gasteiger partial charge on any atom is -0.295 e. The first-order chi connectivity index (χ1) is 7.74. The van der Waals surface area contributed by atoms with E-state index in [1.165, 1.54) is 12.8 Å². The van der Waals surface area contributed by atoms with Crippen molar-refractivity contribution in [1.82, 2.24) is 9.78 Å². The van der Waals surface area contributed by atoms with E-state index < -0.39 is 0 Å². The largest absolute Gasteiger partial charge is 0.295 e. The first-order valence-electron chi connectivity index (χ1n) is 5.32. The van der Waals surface area contributed by atoms with Gasteiger partial charge in [0.25, 0.3) is 5.56 Å². The highest BCUT2D eigenvalue weighted by molar-refractivity contribution is 6.30. The highest BCUT2D eigenvalue weighted by Crippen LogP contribution is 2.38. The topological polar surface area (TPSA) is 37.8 Å². The van der Waals surface area contributed by atoms with Crippen molar-refractivity contribution in [3.63, 3.8) is 0 Å². The van der Waals surface area contributed by atoms with E-state index in [1.807, 2.05) is 12.1 Å². The van der Waals surface area contributed by atoms with Crippen molar-refractivity contribution < 1.29 is 0 Å². The summed E-state index contributed by atoms with van der Waals surface area (Å²) < 4.78 is 1.54. The Hall–Kier alpha value is -1.48. The third-order valence-corrected chi connectivity index (χ3v) is 3.06. The molecule has 1 fully saturated rings. The molecule has 2 aromatic rings. The number of benzene rings is 1. The van der Waals surface area contributed by atoms with Crippen molar-refractivity contribution in [3.8, 4) is 5.69 Å². The van der Waals surface area contributed by atoms with E-state index in [4.69, 9.17) is 11.6 Å². The summed E-state index contributed by atoms with van der Waals surface area (Å²) in [4.78, 5) is 11.8. The summed E-state index contributed by atoms with van der Waals surface area (Å²) in [6, 6.07) is 8.94. The van der Waals surface area contributed by atoms with E-state index in [0.717, 1.165) is 11.4 Å². The van der Waals surface area contributed by atoms with Gasteiger partial charge in [0, 0.05) is 22.7 Å². The fourth-order valence-corrected chi connectivity index (χ4v) is 2.01. The van der Waals surface area contributed by atoms with Crippen LogP contribution in [0.2, 0.25) is 5.02 Å². The molecule has 3 rings (SSSR count). The molecule has 0 spiro atoms. The van der Waals surface area contributed by atoms with Gasteiger partial charge in [0.05, 0.1) is 5.69 Å². The molecule has 1 heterocycles. The quantitative estimate of drug-likeness (QED) is 0.853. The Balaban J connectivity index is 2.08. The first kappa shape index (κ1) is 9.73. The van der Waals surface area contributed by atoms with Crippen molar-refractivity contribution in [2.24, 2.45) is 0 Å². The molecule has 0 unspecified atom stereocenters. The van der Waals surface area contributed by atoms with Crippen molar-refractivity contribution in [2.75, 3.05) is 0 Å². The molecular formula is C12H11ClN2O. The number of rotatable bonds is 2. The minimum absolute atomic E-state index is 0.0239. The summed E-state index contributed by atoms with van der Waals surface area (Å²) in [6.07, 6.45) is 2.35. The molecule has 1 aromatic carbocycles. The van der Waals surface area contributed by atoms with Gasteiger partial charge in [-0.05, 0) is 31.0 Å². The van der Waals surface area contributed by atoms with E-state index in [-0.39, 0.29) is 5.56 Å². The number of nitrogens with zero attached hydrogens (tertiary/aromatic N) is 1. The molecule has 0 aliphatic heterocycles. The Labute approximate surface area is 97.6 Å². The highest BCUT2D eigenvalue weighted by Gasteiger charge is 2.26. The maximum atomic E-state index is 11.8. The van der Waals surface area contributed by atoms with Crippen molar-refractivity contribution in [2.45, 2.75) is 18.8 Å². The number of aromatic nitrogens is 2. The summed E-state index contributed by atoms with van der Waals surface area (Å²) in [5.41, 5.74) is 1.79. The average Bonchev–Trinajstić information content (AvgIpc) is 3.02. The Morgan fingerprint density at radius 1 is 1.31 bits per heavy atom. The third-order valence-electron chi connectivity index (χ3n) is 2.82. The molecule has 4 heteroatoms. The van der Waals surface area contributed by atoms with Crippen molar-refractivity contribution in [3.05, 3.63) is 51.4 Å². The van der Waals surface area contributed by atoms with Crippen LogP contribution in [-0.2, 0) is 0 Å². The van der Waals surface area contributed by atoms with Crippen molar-refractivity contribution >= 4 is 11.6 Å². The molecule has 0 bridgehead atoms. The van der Waals surface area contributed by atoms with E-state index in [1.54, 1.807) is 22.9 Å². The Bertz CT molecular complexity index is 581. The number of hydrogen-bond donors (Lipinski definition) is 1. The Kier molecular flexibility index (Phi) is 2.14. The molecule has 0 atom stereocenters. The molecule has 1 aromatic heterocycles. The standard InChI is InChI=1S/C12H11ClN2O/c13-9-2-1-3-10(6-9)15-12(16)7-11(14-15)8-4-5-8/h1-3,6-8,14H,4-5H2. The second kappa shape index (κ2) is 3.52. The molecule has 0 saturated heterocycles. The molecule has 3 nitrogen and oxygen atoms in total. The number of H-pyrrole nitrogens is 1. The van der Waals surface area contributed by atoms with Gasteiger partial charge in [-0.25, -0.2) is 4.68 Å². The lowest BCUT2D eigenvalue weighted by atomic mass is 10.3. The van der Waals surface area contributed by atoms with E-state index in [2.05, 4.69) is 5.10 Å². The van der Waals surface area contributed by atoms with Crippen LogP contribution >= 0.6 is 11.6 Å². The lowest BCUT2D eigenvalue weighted by molar-refractivity contribution is 0.816. The summed E-state index contributed by atoms with van der Waals surface area (Å²) >= 11 is 5.90. The molecule has 16 heavy (non-hydrogen) atoms. The van der Waals surface area contributed by atoms with Crippen molar-refractivity contribution in [1.29, 1.82) is 0 Å². The van der Waals surface area contributed by atoms with E-state index in [0.29, 0.717) is 10.9 Å². The Morgan fingerprint density at radius 2 is 2.12 bits per heavy atom. The number of hydrogen-bond acceptors (Lipinski definition) is 1. The van der Waals surface area contributed by atoms with Crippen LogP contribution in [0.5, 0.6) is 0 Å². The molecule has 1 saturated carbocycles. The van der Waals surface area contributed by atoms with E-state index >= 15 is 0 Å². The first-order valence-corrected chi connectivity index (χ1v) is 5.70. The molecule has 0 radical (unpaired) electrons. The van der Waals surface area contributed by atoms with Gasteiger partial charge < -0.3 is 0 Å². The van der Waals surface area contributed by atoms with Crippen LogP contribution in [0.4, 0.5) is 0 Å². The van der Waals surface area contributed by atoms with Crippen LogP contribution in [0.15, 0.2) is 35.1 Å². The van der Waals surface area contributed by atoms with Crippen LogP contribution < -0.4 is 5.56 Å². The molecule has 1 aliphatic rings. The highest BCUT2D eigenvalue weighted by atomic mass is 35.5. The summed E-state index contributed by atoms with van der Waals surface area (Å²) in [7, 11) is 0. The van der Waals surface area contributed by atoms with Gasteiger partial charge >= 0.3 is 0 Å². The molecule has 1 N–H and O–H groups in total. The Morgan fingerprint density at radius 3 is 2.81 bits per heavy atom. The predicted octanol–water partition coefficient (Wildman–Crippen LogP) is 2.70. The summed E-state index contributed by atoms with van der Waals surface area (Å²) in [5, 5.41) is 3.76. The van der Waals surface area contributed by atoms with Crippen LogP contribution in [0, 0.1) is 0 Å². The van der Waals surface area contributed by atoms with Crippen LogP contribution in [0.25, 0.3) is 5.69 Å². The van der Waals surface area contributed by atoms with Gasteiger partial charge in [0.2, 0.25) is 0 Å². The minimum atomic E-state index is -0.0239. The van der Waals surface area contributed by atoms with Gasteiger partial charge in [-0.3, -0.25) is 9.89 Å². The normalized spacial score (nSPS) is 15.3. The smallest absolute Gasteiger partial charge is 0.271 e. The number of halogens is 1. The molecular weight excluding hydrogens is 224 g/mol. The van der Waals surface area contributed by atoms with Gasteiger partial charge in [0.1, 0.15) is 0 Å². The van der Waals surface area contributed by atoms with Gasteiger partial charge in [-0.2, -0.15) is 0 Å². The zero-order valence-corrected chi connectivity index (χ0v) is 9.37. The second-order valence-electron chi connectivity index (χ2n) is 4.14. The third kappa shape index (κ3) is 1.67. The maximum Gasteiger partial charge on any atom is 0.271 e. The lowest BCUT2D eigenvalue weighted by Gasteiger charge is -2.01. The van der Waals surface area contributed by atoms with Crippen LogP contribution in [0.1, 0.15) is 24.5 Å². The predicted molar refractivity (Wildman–Crippen MR) is 63.4 cm³/mol.